The van der Waals surface area contributed by atoms with Gasteiger partial charge in [0.15, 0.2) is 0 Å². The van der Waals surface area contributed by atoms with Gasteiger partial charge in [0.2, 0.25) is 0 Å². The first-order valence-electron chi connectivity index (χ1n) is 6.83. The summed E-state index contributed by atoms with van der Waals surface area (Å²) in [6, 6.07) is 21.2. The molecule has 0 aliphatic carbocycles. The van der Waals surface area contributed by atoms with Gasteiger partial charge in [0, 0.05) is 17.3 Å². The van der Waals surface area contributed by atoms with Crippen molar-refractivity contribution in [2.24, 2.45) is 0 Å². The fourth-order valence-corrected chi connectivity index (χ4v) is 2.31. The van der Waals surface area contributed by atoms with Crippen LogP contribution in [0.2, 0.25) is 0 Å². The van der Waals surface area contributed by atoms with E-state index in [1.165, 1.54) is 22.3 Å². The highest BCUT2D eigenvalue weighted by Gasteiger charge is 2.07. The third-order valence-corrected chi connectivity index (χ3v) is 3.50. The minimum atomic E-state index is 1.04. The molecule has 0 spiro atoms. The average molecular weight is 259 g/mol. The van der Waals surface area contributed by atoms with E-state index in [0.29, 0.717) is 0 Å². The predicted molar refractivity (Wildman–Crippen MR) is 84.6 cm³/mol. The van der Waals surface area contributed by atoms with Gasteiger partial charge in [0.05, 0.1) is 5.69 Å². The van der Waals surface area contributed by atoms with Gasteiger partial charge in [-0.25, -0.2) is 0 Å². The summed E-state index contributed by atoms with van der Waals surface area (Å²) in [6.45, 7) is 4.21. The quantitative estimate of drug-likeness (QED) is 0.628. The molecule has 0 bridgehead atoms. The van der Waals surface area contributed by atoms with Gasteiger partial charge in [0.1, 0.15) is 0 Å². The second-order valence-corrected chi connectivity index (χ2v) is 5.13. The van der Waals surface area contributed by atoms with E-state index in [4.69, 9.17) is 0 Å². The highest BCUT2D eigenvalue weighted by molar-refractivity contribution is 5.80. The van der Waals surface area contributed by atoms with Gasteiger partial charge in [-0.05, 0) is 25.5 Å². The summed E-state index contributed by atoms with van der Waals surface area (Å²) in [7, 11) is 0. The van der Waals surface area contributed by atoms with Crippen molar-refractivity contribution in [1.82, 2.24) is 4.98 Å². The number of hydrogen-bond acceptors (Lipinski definition) is 1. The Morgan fingerprint density at radius 3 is 1.80 bits per heavy atom. The van der Waals surface area contributed by atoms with Crippen molar-refractivity contribution in [3.63, 3.8) is 0 Å². The minimum absolute atomic E-state index is 1.04. The van der Waals surface area contributed by atoms with Crippen LogP contribution < -0.4 is 0 Å². The summed E-state index contributed by atoms with van der Waals surface area (Å²) in [5, 5.41) is 0. The second-order valence-electron chi connectivity index (χ2n) is 5.13. The smallest absolute Gasteiger partial charge is 0.0780 e. The lowest BCUT2D eigenvalue weighted by Gasteiger charge is -2.09. The number of hydrogen-bond donors (Lipinski definition) is 0. The second kappa shape index (κ2) is 5.30. The molecule has 3 rings (SSSR count). The summed E-state index contributed by atoms with van der Waals surface area (Å²) >= 11 is 0. The minimum Gasteiger partial charge on any atom is -0.256 e. The third kappa shape index (κ3) is 2.48. The van der Waals surface area contributed by atoms with Crippen molar-refractivity contribution in [2.75, 3.05) is 0 Å². The molecule has 0 saturated heterocycles. The molecular formula is C19H17N. The van der Waals surface area contributed by atoms with E-state index in [2.05, 4.69) is 73.4 Å². The van der Waals surface area contributed by atoms with E-state index >= 15 is 0 Å². The highest BCUT2D eigenvalue weighted by Crippen LogP contribution is 2.30. The molecule has 0 unspecified atom stereocenters. The molecule has 0 atom stereocenters. The Morgan fingerprint density at radius 1 is 0.650 bits per heavy atom. The van der Waals surface area contributed by atoms with Gasteiger partial charge < -0.3 is 0 Å². The van der Waals surface area contributed by atoms with Crippen molar-refractivity contribution in [3.05, 3.63) is 78.0 Å². The topological polar surface area (TPSA) is 12.9 Å². The number of pyridine rings is 1. The van der Waals surface area contributed by atoms with Crippen molar-refractivity contribution < 1.29 is 0 Å². The summed E-state index contributed by atoms with van der Waals surface area (Å²) in [4.78, 5) is 4.58. The molecule has 20 heavy (non-hydrogen) atoms. The molecule has 1 aromatic heterocycles. The number of aromatic nitrogens is 1. The van der Waals surface area contributed by atoms with Crippen LogP contribution in [-0.4, -0.2) is 4.98 Å². The molecule has 1 heterocycles. The molecule has 2 aromatic carbocycles. The zero-order valence-electron chi connectivity index (χ0n) is 11.8. The average Bonchev–Trinajstić information content (AvgIpc) is 2.49. The molecule has 0 radical (unpaired) electrons. The van der Waals surface area contributed by atoms with Crippen LogP contribution in [0.3, 0.4) is 0 Å². The van der Waals surface area contributed by atoms with Crippen LogP contribution in [0.1, 0.15) is 11.1 Å². The molecule has 1 heteroatoms. The standard InChI is InChI=1S/C19H17N/c1-14-5-9-16(10-6-14)18-4-3-13-20-19(18)17-11-7-15(2)8-12-17/h3-13H,1-2H3. The predicted octanol–water partition coefficient (Wildman–Crippen LogP) is 5.03. The number of aryl methyl sites for hydroxylation is 2. The Labute approximate surface area is 119 Å². The van der Waals surface area contributed by atoms with E-state index in [-0.39, 0.29) is 0 Å². The zero-order chi connectivity index (χ0) is 13.9. The highest BCUT2D eigenvalue weighted by atomic mass is 14.7. The first kappa shape index (κ1) is 12.6. The van der Waals surface area contributed by atoms with Crippen LogP contribution in [0.25, 0.3) is 22.4 Å². The fraction of sp³-hybridized carbons (Fsp3) is 0.105. The maximum Gasteiger partial charge on any atom is 0.0780 e. The van der Waals surface area contributed by atoms with Crippen LogP contribution in [0.5, 0.6) is 0 Å². The molecule has 0 aliphatic rings. The first-order chi connectivity index (χ1) is 9.74. The molecule has 0 saturated carbocycles. The fourth-order valence-electron chi connectivity index (χ4n) is 2.31. The molecule has 0 amide bonds. The van der Waals surface area contributed by atoms with Crippen molar-refractivity contribution in [2.45, 2.75) is 13.8 Å². The van der Waals surface area contributed by atoms with Crippen LogP contribution in [0.15, 0.2) is 66.9 Å². The van der Waals surface area contributed by atoms with Gasteiger partial charge in [-0.1, -0.05) is 65.7 Å². The first-order valence-corrected chi connectivity index (χ1v) is 6.83. The maximum absolute atomic E-state index is 4.58. The van der Waals surface area contributed by atoms with Gasteiger partial charge in [-0.2, -0.15) is 0 Å². The lowest BCUT2D eigenvalue weighted by molar-refractivity contribution is 1.32. The van der Waals surface area contributed by atoms with Crippen molar-refractivity contribution >= 4 is 0 Å². The number of rotatable bonds is 2. The van der Waals surface area contributed by atoms with Crippen LogP contribution in [0, 0.1) is 13.8 Å². The molecule has 3 aromatic rings. The largest absolute Gasteiger partial charge is 0.256 e. The maximum atomic E-state index is 4.58. The van der Waals surface area contributed by atoms with Crippen molar-refractivity contribution in [1.29, 1.82) is 0 Å². The van der Waals surface area contributed by atoms with Gasteiger partial charge in [-0.3, -0.25) is 4.98 Å². The Hall–Kier alpha value is -2.41. The summed E-state index contributed by atoms with van der Waals surface area (Å²) in [6.07, 6.45) is 1.85. The Kier molecular flexibility index (Phi) is 3.34. The monoisotopic (exact) mass is 259 g/mol. The molecular weight excluding hydrogens is 242 g/mol. The Bertz CT molecular complexity index is 645. The lowest BCUT2D eigenvalue weighted by atomic mass is 9.98. The van der Waals surface area contributed by atoms with Gasteiger partial charge >= 0.3 is 0 Å². The van der Waals surface area contributed by atoms with E-state index < -0.39 is 0 Å². The zero-order valence-corrected chi connectivity index (χ0v) is 11.8. The Morgan fingerprint density at radius 2 is 1.20 bits per heavy atom. The van der Waals surface area contributed by atoms with Crippen LogP contribution in [0.4, 0.5) is 0 Å². The molecule has 1 nitrogen and oxygen atoms in total. The van der Waals surface area contributed by atoms with Gasteiger partial charge in [0.25, 0.3) is 0 Å². The molecule has 98 valence electrons. The number of benzene rings is 2. The Balaban J connectivity index is 2.13. The van der Waals surface area contributed by atoms with E-state index in [1.54, 1.807) is 0 Å². The molecule has 0 fully saturated rings. The summed E-state index contributed by atoms with van der Waals surface area (Å²) in [5.41, 5.74) is 7.12. The van der Waals surface area contributed by atoms with Crippen LogP contribution >= 0.6 is 0 Å². The molecule has 0 aliphatic heterocycles. The lowest BCUT2D eigenvalue weighted by Crippen LogP contribution is -1.89. The van der Waals surface area contributed by atoms with Crippen molar-refractivity contribution in [3.8, 4) is 22.4 Å². The van der Waals surface area contributed by atoms with E-state index in [9.17, 15) is 0 Å². The number of nitrogens with zero attached hydrogens (tertiary/aromatic N) is 1. The summed E-state index contributed by atoms with van der Waals surface area (Å²) < 4.78 is 0. The van der Waals surface area contributed by atoms with E-state index in [1.807, 2.05) is 12.3 Å². The van der Waals surface area contributed by atoms with Crippen LogP contribution in [-0.2, 0) is 0 Å². The SMILES string of the molecule is Cc1ccc(-c2cccnc2-c2ccc(C)cc2)cc1. The van der Waals surface area contributed by atoms with E-state index in [0.717, 1.165) is 11.3 Å². The third-order valence-electron chi connectivity index (χ3n) is 3.50. The summed E-state index contributed by atoms with van der Waals surface area (Å²) in [5.74, 6) is 0. The normalized spacial score (nSPS) is 10.5. The molecule has 0 N–H and O–H groups in total. The van der Waals surface area contributed by atoms with Gasteiger partial charge in [-0.15, -0.1) is 0 Å².